The Labute approximate surface area is 110 Å². The van der Waals surface area contributed by atoms with Gasteiger partial charge in [-0.3, -0.25) is 0 Å². The quantitative estimate of drug-likeness (QED) is 0.851. The van der Waals surface area contributed by atoms with Gasteiger partial charge in [0.05, 0.1) is 15.8 Å². The molecule has 1 aromatic rings. The molecule has 1 atom stereocenters. The average molecular weight is 302 g/mol. The van der Waals surface area contributed by atoms with Crippen LogP contribution < -0.4 is 10.6 Å². The Morgan fingerprint density at radius 3 is 2.76 bits per heavy atom. The zero-order chi connectivity index (χ0) is 12.6. The lowest BCUT2D eigenvalue weighted by Crippen LogP contribution is -2.31. The predicted octanol–water partition coefficient (Wildman–Crippen LogP) is 2.31. The molecule has 0 spiro atoms. The van der Waals surface area contributed by atoms with E-state index in [0.29, 0.717) is 16.2 Å². The van der Waals surface area contributed by atoms with Crippen molar-refractivity contribution in [2.45, 2.75) is 12.5 Å². The molecule has 5 heteroatoms. The molecular formula is C12H17BrFN3. The van der Waals surface area contributed by atoms with Crippen molar-refractivity contribution in [1.82, 2.24) is 4.90 Å². The fourth-order valence-electron chi connectivity index (χ4n) is 2.21. The second-order valence-corrected chi connectivity index (χ2v) is 5.53. The Morgan fingerprint density at radius 1 is 1.47 bits per heavy atom. The van der Waals surface area contributed by atoms with Crippen molar-refractivity contribution < 1.29 is 4.39 Å². The lowest BCUT2D eigenvalue weighted by Gasteiger charge is -2.23. The van der Waals surface area contributed by atoms with Gasteiger partial charge in [-0.05, 0) is 42.5 Å². The molecule has 17 heavy (non-hydrogen) atoms. The highest BCUT2D eigenvalue weighted by Gasteiger charge is 2.25. The summed E-state index contributed by atoms with van der Waals surface area (Å²) in [5.74, 6) is -0.311. The van der Waals surface area contributed by atoms with Crippen LogP contribution in [0.1, 0.15) is 6.42 Å². The van der Waals surface area contributed by atoms with E-state index in [2.05, 4.69) is 39.8 Å². The summed E-state index contributed by atoms with van der Waals surface area (Å²) in [5.41, 5.74) is 7.30. The number of hydrogen-bond acceptors (Lipinski definition) is 3. The zero-order valence-electron chi connectivity index (χ0n) is 10.1. The monoisotopic (exact) mass is 301 g/mol. The van der Waals surface area contributed by atoms with Gasteiger partial charge in [0.25, 0.3) is 0 Å². The number of nitrogens with two attached hydrogens (primary N) is 1. The first kappa shape index (κ1) is 12.6. The molecule has 1 aliphatic heterocycles. The number of rotatable bonds is 2. The summed E-state index contributed by atoms with van der Waals surface area (Å²) in [6.45, 7) is 1.90. The van der Waals surface area contributed by atoms with E-state index in [1.165, 1.54) is 6.07 Å². The summed E-state index contributed by atoms with van der Waals surface area (Å²) in [5, 5.41) is 0. The molecule has 1 unspecified atom stereocenters. The van der Waals surface area contributed by atoms with Crippen molar-refractivity contribution in [3.05, 3.63) is 22.4 Å². The molecule has 1 saturated heterocycles. The van der Waals surface area contributed by atoms with Crippen molar-refractivity contribution >= 4 is 27.3 Å². The molecule has 1 heterocycles. The SMILES string of the molecule is CN(C)C1CCN(c2cc(Br)c(F)cc2N)C1. The molecule has 2 N–H and O–H groups in total. The minimum absolute atomic E-state index is 0.311. The summed E-state index contributed by atoms with van der Waals surface area (Å²) < 4.78 is 13.8. The van der Waals surface area contributed by atoms with Crippen LogP contribution in [0.4, 0.5) is 15.8 Å². The molecule has 0 aliphatic carbocycles. The molecule has 0 bridgehead atoms. The van der Waals surface area contributed by atoms with Crippen molar-refractivity contribution in [3.63, 3.8) is 0 Å². The predicted molar refractivity (Wildman–Crippen MR) is 72.8 cm³/mol. The number of halogens is 2. The third-order valence-corrected chi connectivity index (χ3v) is 3.91. The Bertz CT molecular complexity index is 422. The highest BCUT2D eigenvalue weighted by atomic mass is 79.9. The first-order valence-electron chi connectivity index (χ1n) is 5.65. The first-order chi connectivity index (χ1) is 7.99. The van der Waals surface area contributed by atoms with Crippen LogP contribution in [0.15, 0.2) is 16.6 Å². The van der Waals surface area contributed by atoms with Gasteiger partial charge in [0.15, 0.2) is 0 Å². The molecule has 1 aromatic carbocycles. The fourth-order valence-corrected chi connectivity index (χ4v) is 2.54. The van der Waals surface area contributed by atoms with E-state index in [1.807, 2.05) is 0 Å². The van der Waals surface area contributed by atoms with Crippen LogP contribution in [0.3, 0.4) is 0 Å². The maximum Gasteiger partial charge on any atom is 0.139 e. The topological polar surface area (TPSA) is 32.5 Å². The van der Waals surface area contributed by atoms with E-state index in [-0.39, 0.29) is 5.82 Å². The number of hydrogen-bond donors (Lipinski definition) is 1. The molecule has 0 radical (unpaired) electrons. The molecular weight excluding hydrogens is 285 g/mol. The van der Waals surface area contributed by atoms with Crippen LogP contribution in [0.5, 0.6) is 0 Å². The molecule has 1 aliphatic rings. The highest BCUT2D eigenvalue weighted by Crippen LogP contribution is 2.32. The number of nitrogen functional groups attached to an aromatic ring is 1. The summed E-state index contributed by atoms with van der Waals surface area (Å²) in [6.07, 6.45) is 1.11. The first-order valence-corrected chi connectivity index (χ1v) is 6.44. The highest BCUT2D eigenvalue weighted by molar-refractivity contribution is 9.10. The number of likely N-dealkylation sites (N-methyl/N-ethyl adjacent to an activating group) is 1. The van der Waals surface area contributed by atoms with E-state index in [0.717, 1.165) is 25.2 Å². The summed E-state index contributed by atoms with van der Waals surface area (Å²) >= 11 is 3.20. The number of anilines is 2. The Kier molecular flexibility index (Phi) is 3.58. The van der Waals surface area contributed by atoms with Crippen LogP contribution >= 0.6 is 15.9 Å². The normalized spacial score (nSPS) is 20.3. The van der Waals surface area contributed by atoms with Crippen molar-refractivity contribution in [2.75, 3.05) is 37.8 Å². The molecule has 1 fully saturated rings. The third-order valence-electron chi connectivity index (χ3n) is 3.30. The largest absolute Gasteiger partial charge is 0.397 e. The second-order valence-electron chi connectivity index (χ2n) is 4.68. The van der Waals surface area contributed by atoms with Gasteiger partial charge in [-0.1, -0.05) is 0 Å². The second kappa shape index (κ2) is 4.82. The van der Waals surface area contributed by atoms with Gasteiger partial charge in [-0.15, -0.1) is 0 Å². The van der Waals surface area contributed by atoms with Crippen LogP contribution in [-0.2, 0) is 0 Å². The minimum atomic E-state index is -0.311. The molecule has 0 saturated carbocycles. The molecule has 94 valence electrons. The zero-order valence-corrected chi connectivity index (χ0v) is 11.7. The third kappa shape index (κ3) is 2.55. The van der Waals surface area contributed by atoms with Crippen molar-refractivity contribution in [3.8, 4) is 0 Å². The molecule has 0 aromatic heterocycles. The van der Waals surface area contributed by atoms with Gasteiger partial charge < -0.3 is 15.5 Å². The molecule has 2 rings (SSSR count). The van der Waals surface area contributed by atoms with Gasteiger partial charge in [0.1, 0.15) is 5.82 Å². The van der Waals surface area contributed by atoms with Crippen molar-refractivity contribution in [2.24, 2.45) is 0 Å². The fraction of sp³-hybridized carbons (Fsp3) is 0.500. The number of nitrogens with zero attached hydrogens (tertiary/aromatic N) is 2. The standard InChI is InChI=1S/C12H17BrFN3/c1-16(2)8-3-4-17(7-8)12-5-9(13)10(14)6-11(12)15/h5-6,8H,3-4,7,15H2,1-2H3. The van der Waals surface area contributed by atoms with E-state index >= 15 is 0 Å². The smallest absolute Gasteiger partial charge is 0.139 e. The van der Waals surface area contributed by atoms with Gasteiger partial charge in [-0.25, -0.2) is 4.39 Å². The lowest BCUT2D eigenvalue weighted by molar-refractivity contribution is 0.315. The van der Waals surface area contributed by atoms with Gasteiger partial charge in [0, 0.05) is 25.2 Å². The maximum absolute atomic E-state index is 13.3. The Balaban J connectivity index is 2.22. The Hall–Kier alpha value is -0.810. The Morgan fingerprint density at radius 2 is 2.18 bits per heavy atom. The van der Waals surface area contributed by atoms with E-state index in [4.69, 9.17) is 5.73 Å². The summed E-state index contributed by atoms with van der Waals surface area (Å²) in [7, 11) is 4.16. The van der Waals surface area contributed by atoms with Crippen LogP contribution in [-0.4, -0.2) is 38.1 Å². The van der Waals surface area contributed by atoms with Gasteiger partial charge in [-0.2, -0.15) is 0 Å². The van der Waals surface area contributed by atoms with Crippen LogP contribution in [0.25, 0.3) is 0 Å². The van der Waals surface area contributed by atoms with Gasteiger partial charge in [0.2, 0.25) is 0 Å². The van der Waals surface area contributed by atoms with E-state index in [9.17, 15) is 4.39 Å². The molecule has 3 nitrogen and oxygen atoms in total. The summed E-state index contributed by atoms with van der Waals surface area (Å²) in [4.78, 5) is 4.43. The van der Waals surface area contributed by atoms with E-state index in [1.54, 1.807) is 6.07 Å². The molecule has 0 amide bonds. The summed E-state index contributed by atoms with van der Waals surface area (Å²) in [6, 6.07) is 3.68. The number of benzene rings is 1. The van der Waals surface area contributed by atoms with Crippen LogP contribution in [0, 0.1) is 5.82 Å². The minimum Gasteiger partial charge on any atom is -0.397 e. The van der Waals surface area contributed by atoms with E-state index < -0.39 is 0 Å². The van der Waals surface area contributed by atoms with Crippen LogP contribution in [0.2, 0.25) is 0 Å². The average Bonchev–Trinajstić information content (AvgIpc) is 2.72. The lowest BCUT2D eigenvalue weighted by atomic mass is 10.2. The maximum atomic E-state index is 13.3. The van der Waals surface area contributed by atoms with Gasteiger partial charge >= 0.3 is 0 Å². The van der Waals surface area contributed by atoms with Crippen molar-refractivity contribution in [1.29, 1.82) is 0 Å².